The fourth-order valence-electron chi connectivity index (χ4n) is 0.887. The first-order chi connectivity index (χ1) is 5.31. The second kappa shape index (κ2) is 8.45. The Hall–Kier alpha value is 0.350. The SMILES string of the molecule is CCCCCCP(O)OCC. The first kappa shape index (κ1) is 11.4. The molecular formula is C8H19O2P. The van der Waals surface area contributed by atoms with Crippen molar-refractivity contribution in [2.75, 3.05) is 12.8 Å². The van der Waals surface area contributed by atoms with E-state index in [0.29, 0.717) is 6.61 Å². The summed E-state index contributed by atoms with van der Waals surface area (Å²) in [6, 6.07) is 0. The quantitative estimate of drug-likeness (QED) is 0.479. The van der Waals surface area contributed by atoms with Crippen LogP contribution in [0.3, 0.4) is 0 Å². The van der Waals surface area contributed by atoms with Gasteiger partial charge in [0.25, 0.3) is 0 Å². The predicted molar refractivity (Wildman–Crippen MR) is 49.8 cm³/mol. The van der Waals surface area contributed by atoms with Crippen LogP contribution in [0, 0.1) is 0 Å². The summed E-state index contributed by atoms with van der Waals surface area (Å²) in [6.45, 7) is 4.73. The molecule has 2 nitrogen and oxygen atoms in total. The van der Waals surface area contributed by atoms with Crippen LogP contribution in [0.5, 0.6) is 0 Å². The number of hydrogen-bond acceptors (Lipinski definition) is 2. The highest BCUT2D eigenvalue weighted by molar-refractivity contribution is 7.46. The Morgan fingerprint density at radius 3 is 2.45 bits per heavy atom. The third-order valence-corrected chi connectivity index (χ3v) is 2.74. The summed E-state index contributed by atoms with van der Waals surface area (Å²) in [5, 5.41) is 0. The van der Waals surface area contributed by atoms with Gasteiger partial charge in [-0.25, -0.2) is 0 Å². The average molecular weight is 178 g/mol. The van der Waals surface area contributed by atoms with Gasteiger partial charge in [0, 0.05) is 6.16 Å². The molecule has 1 atom stereocenters. The Morgan fingerprint density at radius 1 is 1.18 bits per heavy atom. The van der Waals surface area contributed by atoms with E-state index in [9.17, 15) is 4.89 Å². The predicted octanol–water partition coefficient (Wildman–Crippen LogP) is 2.91. The van der Waals surface area contributed by atoms with Gasteiger partial charge in [-0.3, -0.25) is 0 Å². The maximum absolute atomic E-state index is 9.19. The van der Waals surface area contributed by atoms with E-state index in [2.05, 4.69) is 6.92 Å². The van der Waals surface area contributed by atoms with Crippen molar-refractivity contribution in [3.63, 3.8) is 0 Å². The van der Waals surface area contributed by atoms with Crippen LogP contribution >= 0.6 is 8.38 Å². The molecule has 0 aliphatic heterocycles. The Labute approximate surface area is 70.9 Å². The summed E-state index contributed by atoms with van der Waals surface area (Å²) in [5.74, 6) is 0. The van der Waals surface area contributed by atoms with Crippen LogP contribution in [0.4, 0.5) is 0 Å². The smallest absolute Gasteiger partial charge is 0.167 e. The second-order valence-electron chi connectivity index (χ2n) is 2.55. The van der Waals surface area contributed by atoms with Crippen molar-refractivity contribution in [2.24, 2.45) is 0 Å². The molecule has 0 aromatic carbocycles. The highest BCUT2D eigenvalue weighted by atomic mass is 31.2. The molecule has 68 valence electrons. The van der Waals surface area contributed by atoms with Gasteiger partial charge in [0.15, 0.2) is 8.38 Å². The van der Waals surface area contributed by atoms with E-state index in [0.717, 1.165) is 12.6 Å². The van der Waals surface area contributed by atoms with Gasteiger partial charge in [-0.15, -0.1) is 0 Å². The molecule has 0 amide bonds. The van der Waals surface area contributed by atoms with Gasteiger partial charge >= 0.3 is 0 Å². The lowest BCUT2D eigenvalue weighted by Gasteiger charge is -2.07. The Morgan fingerprint density at radius 2 is 1.91 bits per heavy atom. The molecule has 0 spiro atoms. The molecule has 1 N–H and O–H groups in total. The zero-order valence-electron chi connectivity index (χ0n) is 7.55. The summed E-state index contributed by atoms with van der Waals surface area (Å²) in [5.41, 5.74) is 0. The number of rotatable bonds is 7. The fraction of sp³-hybridized carbons (Fsp3) is 1.00. The van der Waals surface area contributed by atoms with Gasteiger partial charge in [-0.2, -0.15) is 0 Å². The first-order valence-electron chi connectivity index (χ1n) is 4.40. The Balaban J connectivity index is 2.97. The molecule has 0 aromatic heterocycles. The molecule has 11 heavy (non-hydrogen) atoms. The third kappa shape index (κ3) is 8.25. The lowest BCUT2D eigenvalue weighted by molar-refractivity contribution is 0.328. The third-order valence-electron chi connectivity index (χ3n) is 1.48. The van der Waals surface area contributed by atoms with Gasteiger partial charge in [0.1, 0.15) is 0 Å². The molecule has 0 aliphatic rings. The molecule has 3 heteroatoms. The van der Waals surface area contributed by atoms with Gasteiger partial charge < -0.3 is 9.42 Å². The molecule has 1 unspecified atom stereocenters. The lowest BCUT2D eigenvalue weighted by atomic mass is 10.2. The molecule has 0 bridgehead atoms. The van der Waals surface area contributed by atoms with E-state index in [1.165, 1.54) is 19.3 Å². The Bertz CT molecular complexity index is 78.5. The standard InChI is InChI=1S/C8H19O2P/c1-3-5-6-7-8-11(9)10-4-2/h9H,3-8H2,1-2H3. The monoisotopic (exact) mass is 178 g/mol. The van der Waals surface area contributed by atoms with Crippen molar-refractivity contribution in [3.05, 3.63) is 0 Å². The van der Waals surface area contributed by atoms with Crippen molar-refractivity contribution in [1.82, 2.24) is 0 Å². The van der Waals surface area contributed by atoms with E-state index in [1.807, 2.05) is 6.92 Å². The van der Waals surface area contributed by atoms with Gasteiger partial charge in [-0.1, -0.05) is 26.2 Å². The van der Waals surface area contributed by atoms with Crippen LogP contribution in [0.15, 0.2) is 0 Å². The summed E-state index contributed by atoms with van der Waals surface area (Å²) in [4.78, 5) is 9.19. The molecule has 0 aliphatic carbocycles. The number of hydrogen-bond donors (Lipinski definition) is 1. The van der Waals surface area contributed by atoms with E-state index in [1.54, 1.807) is 0 Å². The minimum Gasteiger partial charge on any atom is -0.350 e. The summed E-state index contributed by atoms with van der Waals surface area (Å²) in [6.07, 6.45) is 5.70. The van der Waals surface area contributed by atoms with E-state index in [-0.39, 0.29) is 0 Å². The molecule has 0 aromatic rings. The lowest BCUT2D eigenvalue weighted by Crippen LogP contribution is -1.89. The van der Waals surface area contributed by atoms with Gasteiger partial charge in [0.2, 0.25) is 0 Å². The van der Waals surface area contributed by atoms with Gasteiger partial charge in [0.05, 0.1) is 6.61 Å². The van der Waals surface area contributed by atoms with Crippen molar-refractivity contribution >= 4 is 8.38 Å². The van der Waals surface area contributed by atoms with Crippen LogP contribution in [0.25, 0.3) is 0 Å². The molecule has 0 heterocycles. The maximum atomic E-state index is 9.19. The van der Waals surface area contributed by atoms with Crippen molar-refractivity contribution < 1.29 is 9.42 Å². The average Bonchev–Trinajstić information content (AvgIpc) is 1.99. The number of unbranched alkanes of at least 4 members (excludes halogenated alkanes) is 3. The minimum absolute atomic E-state index is 0.635. The Kier molecular flexibility index (Phi) is 8.72. The zero-order valence-corrected chi connectivity index (χ0v) is 8.44. The van der Waals surface area contributed by atoms with E-state index < -0.39 is 8.38 Å². The van der Waals surface area contributed by atoms with Crippen LogP contribution in [0.2, 0.25) is 0 Å². The molecule has 0 rings (SSSR count). The van der Waals surface area contributed by atoms with Crippen LogP contribution in [-0.4, -0.2) is 17.7 Å². The molecule has 0 radical (unpaired) electrons. The first-order valence-corrected chi connectivity index (χ1v) is 5.80. The van der Waals surface area contributed by atoms with Crippen LogP contribution < -0.4 is 0 Å². The molecule has 0 saturated heterocycles. The molecule has 0 fully saturated rings. The summed E-state index contributed by atoms with van der Waals surface area (Å²) < 4.78 is 5.04. The van der Waals surface area contributed by atoms with E-state index in [4.69, 9.17) is 4.52 Å². The topological polar surface area (TPSA) is 29.5 Å². The minimum atomic E-state index is -1.10. The largest absolute Gasteiger partial charge is 0.350 e. The second-order valence-corrected chi connectivity index (χ2v) is 3.96. The summed E-state index contributed by atoms with van der Waals surface area (Å²) in [7, 11) is -1.10. The van der Waals surface area contributed by atoms with Crippen LogP contribution in [0.1, 0.15) is 39.5 Å². The van der Waals surface area contributed by atoms with Crippen molar-refractivity contribution in [2.45, 2.75) is 39.5 Å². The van der Waals surface area contributed by atoms with Gasteiger partial charge in [-0.05, 0) is 13.3 Å². The van der Waals surface area contributed by atoms with Crippen molar-refractivity contribution in [1.29, 1.82) is 0 Å². The maximum Gasteiger partial charge on any atom is 0.167 e. The highest BCUT2D eigenvalue weighted by Gasteiger charge is 2.01. The fourth-order valence-corrected chi connectivity index (χ4v) is 1.81. The zero-order chi connectivity index (χ0) is 8.53. The summed E-state index contributed by atoms with van der Waals surface area (Å²) >= 11 is 0. The molecule has 0 saturated carbocycles. The van der Waals surface area contributed by atoms with E-state index >= 15 is 0 Å². The van der Waals surface area contributed by atoms with Crippen LogP contribution in [-0.2, 0) is 4.52 Å². The normalized spacial score (nSPS) is 13.4. The molecular weight excluding hydrogens is 159 g/mol. The highest BCUT2D eigenvalue weighted by Crippen LogP contribution is 2.32. The van der Waals surface area contributed by atoms with Crippen molar-refractivity contribution in [3.8, 4) is 0 Å².